The van der Waals surface area contributed by atoms with E-state index in [0.717, 1.165) is 25.5 Å². The van der Waals surface area contributed by atoms with Gasteiger partial charge in [-0.25, -0.2) is 0 Å². The number of carbonyl (C=O) groups is 4. The molecule has 1 amide bonds. The Kier molecular flexibility index (Phi) is 19.3. The molecule has 1 saturated heterocycles. The lowest BCUT2D eigenvalue weighted by Gasteiger charge is -2.43. The topological polar surface area (TPSA) is 268 Å². The summed E-state index contributed by atoms with van der Waals surface area (Å²) >= 11 is 6.31. The largest absolute Gasteiger partial charge is 0.501 e. The number of nitrogens with zero attached hydrogens (tertiary/aromatic N) is 4. The Bertz CT molecular complexity index is 2390. The van der Waals surface area contributed by atoms with Crippen LogP contribution in [0.4, 0.5) is 5.69 Å². The molecule has 0 spiro atoms. The highest BCUT2D eigenvalue weighted by Gasteiger charge is 2.50. The highest BCUT2D eigenvalue weighted by atomic mass is 35.5. The lowest BCUT2D eigenvalue weighted by atomic mass is 9.90. The number of amides is 1. The molecule has 1 N–H and O–H groups in total. The van der Waals surface area contributed by atoms with Crippen molar-refractivity contribution in [2.75, 3.05) is 91.2 Å². The summed E-state index contributed by atoms with van der Waals surface area (Å²) in [7, 11) is -2.08. The molecule has 2 aliphatic rings. The molecule has 2 heterocycles. The van der Waals surface area contributed by atoms with Gasteiger partial charge >= 0.3 is 28.3 Å². The summed E-state index contributed by atoms with van der Waals surface area (Å²) < 4.78 is 90.0. The predicted molar refractivity (Wildman–Crippen MR) is 239 cm³/mol. The van der Waals surface area contributed by atoms with Crippen LogP contribution < -0.4 is 23.2 Å². The zero-order chi connectivity index (χ0) is 48.7. The Labute approximate surface area is 392 Å². The van der Waals surface area contributed by atoms with E-state index in [-0.39, 0.29) is 75.0 Å². The number of halogens is 1. The van der Waals surface area contributed by atoms with E-state index in [1.807, 2.05) is 0 Å². The Morgan fingerprint density at radius 2 is 1.54 bits per heavy atom. The number of carbonyl (C=O) groups excluding carboxylic acids is 4. The van der Waals surface area contributed by atoms with Crippen molar-refractivity contribution in [3.8, 4) is 23.0 Å². The third kappa shape index (κ3) is 14.6. The standard InChI is InChI=1S/C43H54ClN5O17S/c1-25-38(24-60-26(2)50)64-43(41(62-28(4)52)40(25)61-27(3)51)63-35-10-7-29(42(53)49(5)12-14-58-16-18-59-17-15-57-13-11-47-48-45)19-37(35)66-67(54,55)65-36-21-34-39(30(22-44)23-46-34)33-20-31(56-6)8-9-32(33)36/h7-10,19-21,25,30,38,40-41,43,46H,11-18,22-24H2,1-6H3/t25-,30-,38-,40+,41-,43-/m1/s1. The monoisotopic (exact) mass is 979 g/mol. The quantitative estimate of drug-likeness (QED) is 0.0225. The zero-order valence-corrected chi connectivity index (χ0v) is 39.4. The van der Waals surface area contributed by atoms with Gasteiger partial charge in [-0.1, -0.05) is 12.0 Å². The second kappa shape index (κ2) is 24.8. The first-order valence-corrected chi connectivity index (χ1v) is 22.9. The molecule has 6 atom stereocenters. The minimum absolute atomic E-state index is 0.0459. The molecule has 0 saturated carbocycles. The van der Waals surface area contributed by atoms with Crippen molar-refractivity contribution in [1.82, 2.24) is 4.90 Å². The van der Waals surface area contributed by atoms with Crippen LogP contribution in [0.1, 0.15) is 49.5 Å². The third-order valence-corrected chi connectivity index (χ3v) is 11.6. The van der Waals surface area contributed by atoms with Gasteiger partial charge < -0.3 is 61.2 Å². The lowest BCUT2D eigenvalue weighted by molar-refractivity contribution is -0.271. The van der Waals surface area contributed by atoms with Crippen LogP contribution in [-0.4, -0.2) is 148 Å². The number of anilines is 1. The number of alkyl halides is 1. The van der Waals surface area contributed by atoms with E-state index in [1.54, 1.807) is 25.1 Å². The first-order valence-electron chi connectivity index (χ1n) is 21.1. The number of rotatable bonds is 25. The van der Waals surface area contributed by atoms with Crippen LogP contribution in [0.15, 0.2) is 47.6 Å². The van der Waals surface area contributed by atoms with Gasteiger partial charge in [-0.15, -0.1) is 20.0 Å². The Balaban J connectivity index is 1.43. The van der Waals surface area contributed by atoms with Crippen LogP contribution in [0.25, 0.3) is 21.2 Å². The number of esters is 3. The number of benzene rings is 3. The molecule has 366 valence electrons. The van der Waals surface area contributed by atoms with Crippen molar-refractivity contribution >= 4 is 62.3 Å². The number of likely N-dealkylation sites (N-methyl/N-ethyl adjacent to an activating group) is 1. The summed E-state index contributed by atoms with van der Waals surface area (Å²) in [5.41, 5.74) is 9.70. The van der Waals surface area contributed by atoms with Gasteiger partial charge in [0.25, 0.3) is 5.91 Å². The highest BCUT2D eigenvalue weighted by molar-refractivity contribution is 7.82. The van der Waals surface area contributed by atoms with Crippen molar-refractivity contribution in [3.63, 3.8) is 0 Å². The SMILES string of the molecule is COc1ccc2c(OS(=O)(=O)Oc3cc(C(=O)N(C)CCOCCOCCOCCN=[N+]=[N-])ccc3O[C@@H]3O[C@H](COC(C)=O)[C@@H](C)[C@H](OC(C)=O)[C@H]3OC(C)=O)cc3c(c2c1)[C@H](CCl)CN3. The van der Waals surface area contributed by atoms with E-state index in [4.69, 9.17) is 68.1 Å². The number of azide groups is 1. The summed E-state index contributed by atoms with van der Waals surface area (Å²) in [6, 6.07) is 10.2. The van der Waals surface area contributed by atoms with Crippen LogP contribution in [0, 0.1) is 5.92 Å². The summed E-state index contributed by atoms with van der Waals surface area (Å²) in [6.45, 7) is 7.06. The van der Waals surface area contributed by atoms with E-state index < -0.39 is 70.5 Å². The van der Waals surface area contributed by atoms with E-state index >= 15 is 0 Å². The van der Waals surface area contributed by atoms with Gasteiger partial charge in [-0.05, 0) is 52.9 Å². The minimum atomic E-state index is -5.09. The second-order valence-corrected chi connectivity index (χ2v) is 16.7. The van der Waals surface area contributed by atoms with Crippen LogP contribution in [0.3, 0.4) is 0 Å². The number of fused-ring (bicyclic) bond motifs is 3. The first-order chi connectivity index (χ1) is 32.0. The van der Waals surface area contributed by atoms with Crippen molar-refractivity contribution in [2.24, 2.45) is 11.0 Å². The molecular formula is C43H54ClN5O17S. The molecule has 5 rings (SSSR count). The second-order valence-electron chi connectivity index (χ2n) is 15.2. The molecule has 1 fully saturated rings. The summed E-state index contributed by atoms with van der Waals surface area (Å²) in [5.74, 6) is -3.73. The third-order valence-electron chi connectivity index (χ3n) is 10.4. The molecule has 67 heavy (non-hydrogen) atoms. The molecule has 0 unspecified atom stereocenters. The maximum Gasteiger partial charge on any atom is 0.501 e. The molecule has 0 radical (unpaired) electrons. The van der Waals surface area contributed by atoms with E-state index in [0.29, 0.717) is 42.0 Å². The van der Waals surface area contributed by atoms with Crippen LogP contribution in [0.5, 0.6) is 23.0 Å². The zero-order valence-electron chi connectivity index (χ0n) is 37.8. The van der Waals surface area contributed by atoms with Gasteiger partial charge in [0.1, 0.15) is 24.6 Å². The van der Waals surface area contributed by atoms with Gasteiger partial charge in [-0.3, -0.25) is 19.2 Å². The average Bonchev–Trinajstić information content (AvgIpc) is 3.71. The minimum Gasteiger partial charge on any atom is -0.497 e. The molecule has 3 aromatic rings. The van der Waals surface area contributed by atoms with Crippen LogP contribution in [0.2, 0.25) is 0 Å². The molecule has 3 aromatic carbocycles. The molecule has 2 aliphatic heterocycles. The van der Waals surface area contributed by atoms with Crippen LogP contribution >= 0.6 is 11.6 Å². The van der Waals surface area contributed by atoms with Gasteiger partial charge in [0.05, 0.1) is 46.8 Å². The summed E-state index contributed by atoms with van der Waals surface area (Å²) in [5, 5.41) is 7.65. The fourth-order valence-electron chi connectivity index (χ4n) is 7.23. The number of nitrogens with one attached hydrogen (secondary N) is 1. The number of methoxy groups -OCH3 is 1. The number of ether oxygens (including phenoxy) is 9. The lowest BCUT2D eigenvalue weighted by Crippen LogP contribution is -2.59. The molecule has 24 heteroatoms. The Morgan fingerprint density at radius 1 is 0.866 bits per heavy atom. The average molecular weight is 980 g/mol. The van der Waals surface area contributed by atoms with Crippen molar-refractivity contribution in [1.29, 1.82) is 0 Å². The summed E-state index contributed by atoms with van der Waals surface area (Å²) in [6.07, 6.45) is -5.26. The summed E-state index contributed by atoms with van der Waals surface area (Å²) in [4.78, 5) is 54.3. The number of hydrogen-bond donors (Lipinski definition) is 1. The predicted octanol–water partition coefficient (Wildman–Crippen LogP) is 4.90. The first kappa shape index (κ1) is 52.2. The number of hydrogen-bond acceptors (Lipinski definition) is 19. The highest BCUT2D eigenvalue weighted by Crippen LogP contribution is 2.45. The van der Waals surface area contributed by atoms with E-state index in [1.165, 1.54) is 44.2 Å². The van der Waals surface area contributed by atoms with Gasteiger partial charge in [-0.2, -0.15) is 0 Å². The Hall–Kier alpha value is -5.81. The normalized spacial score (nSPS) is 19.8. The van der Waals surface area contributed by atoms with Crippen LogP contribution in [-0.2, 0) is 57.9 Å². The molecule has 22 nitrogen and oxygen atoms in total. The maximum atomic E-state index is 14.1. The molecule has 0 aliphatic carbocycles. The fourth-order valence-corrected chi connectivity index (χ4v) is 8.23. The van der Waals surface area contributed by atoms with Crippen molar-refractivity contribution in [3.05, 3.63) is 64.0 Å². The van der Waals surface area contributed by atoms with Crippen molar-refractivity contribution < 1.29 is 78.6 Å². The smallest absolute Gasteiger partial charge is 0.497 e. The molecule has 0 bridgehead atoms. The van der Waals surface area contributed by atoms with Gasteiger partial charge in [0.2, 0.25) is 12.4 Å². The molecule has 0 aromatic heterocycles. The molecular weight excluding hydrogens is 926 g/mol. The van der Waals surface area contributed by atoms with E-state index in [9.17, 15) is 27.6 Å². The Morgan fingerprint density at radius 3 is 2.19 bits per heavy atom. The van der Waals surface area contributed by atoms with Gasteiger partial charge in [0.15, 0.2) is 17.2 Å². The van der Waals surface area contributed by atoms with Crippen molar-refractivity contribution in [2.45, 2.75) is 58.2 Å². The van der Waals surface area contributed by atoms with E-state index in [2.05, 4.69) is 15.3 Å². The maximum absolute atomic E-state index is 14.1. The van der Waals surface area contributed by atoms with Gasteiger partial charge in [0, 0.05) is 92.8 Å². The fraction of sp³-hybridized carbons (Fsp3) is 0.535.